The van der Waals surface area contributed by atoms with E-state index in [0.29, 0.717) is 17.2 Å². The second-order valence-corrected chi connectivity index (χ2v) is 12.2. The molecule has 157 valence electrons. The van der Waals surface area contributed by atoms with Crippen LogP contribution in [0.3, 0.4) is 0 Å². The quantitative estimate of drug-likeness (QED) is 0.342. The van der Waals surface area contributed by atoms with Crippen LogP contribution in [0.15, 0.2) is 97.1 Å². The van der Waals surface area contributed by atoms with Gasteiger partial charge in [0.25, 0.3) is 11.8 Å². The van der Waals surface area contributed by atoms with Crippen molar-refractivity contribution in [1.29, 1.82) is 0 Å². The Labute approximate surface area is 189 Å². The molecule has 0 spiro atoms. The Morgan fingerprint density at radius 3 is 1.47 bits per heavy atom. The number of imide groups is 1. The Hall–Kier alpha value is -3.29. The van der Waals surface area contributed by atoms with Crippen LogP contribution < -0.4 is 0 Å². The molecule has 0 bridgehead atoms. The van der Waals surface area contributed by atoms with Crippen LogP contribution in [0.5, 0.6) is 0 Å². The average molecular weight is 437 g/mol. The molecule has 0 saturated heterocycles. The number of hydrogen-bond acceptors (Lipinski definition) is 2. The van der Waals surface area contributed by atoms with E-state index in [1.165, 1.54) is 15.5 Å². The average Bonchev–Trinajstić information content (AvgIpc) is 3.10. The van der Waals surface area contributed by atoms with Gasteiger partial charge in [0.2, 0.25) is 0 Å². The highest BCUT2D eigenvalue weighted by atomic mass is 31.2. The van der Waals surface area contributed by atoms with Crippen LogP contribution in [0, 0.1) is 6.04 Å². The van der Waals surface area contributed by atoms with Crippen molar-refractivity contribution >= 4 is 29.7 Å². The van der Waals surface area contributed by atoms with Gasteiger partial charge in [-0.05, 0) is 31.2 Å². The summed E-state index contributed by atoms with van der Waals surface area (Å²) in [4.78, 5) is 27.9. The van der Waals surface area contributed by atoms with Crippen LogP contribution in [-0.4, -0.2) is 29.5 Å². The minimum atomic E-state index is -1.75. The van der Waals surface area contributed by atoms with Gasteiger partial charge in [0.1, 0.15) is 16.7 Å². The number of benzene rings is 3. The first kappa shape index (κ1) is 20.6. The summed E-state index contributed by atoms with van der Waals surface area (Å²) in [6, 6.07) is 28.4. The van der Waals surface area contributed by atoms with Crippen LogP contribution in [0.25, 0.3) is 10.6 Å². The van der Waals surface area contributed by atoms with Gasteiger partial charge in [0, 0.05) is 11.1 Å². The standard InChI is InChI=1S/C28H24NO2P/c1-3-32(2)25(20-12-6-4-7-13-20)18-22(19-26(32)21-14-8-5-9-15-21)29-27(30)23-16-10-11-17-24(23)28(29)31/h4-19H,3H2,1-2H3/q+1. The molecule has 0 aliphatic carbocycles. The van der Waals surface area contributed by atoms with E-state index in [1.54, 1.807) is 24.3 Å². The van der Waals surface area contributed by atoms with E-state index < -0.39 is 7.26 Å². The molecule has 4 heteroatoms. The van der Waals surface area contributed by atoms with Crippen LogP contribution in [0.4, 0.5) is 0 Å². The van der Waals surface area contributed by atoms with Crippen LogP contribution in [0.2, 0.25) is 0 Å². The molecule has 1 radical (unpaired) electrons. The fraction of sp³-hybridized carbons (Fsp3) is 0.107. The molecule has 2 aliphatic rings. The molecule has 3 nitrogen and oxygen atoms in total. The first-order valence-electron chi connectivity index (χ1n) is 10.8. The Bertz CT molecular complexity index is 1170. The lowest BCUT2D eigenvalue weighted by Gasteiger charge is -2.33. The zero-order valence-electron chi connectivity index (χ0n) is 18.2. The first-order valence-corrected chi connectivity index (χ1v) is 13.2. The first-order chi connectivity index (χ1) is 15.5. The summed E-state index contributed by atoms with van der Waals surface area (Å²) in [5, 5.41) is 2.43. The van der Waals surface area contributed by atoms with Crippen LogP contribution >= 0.6 is 7.26 Å². The topological polar surface area (TPSA) is 37.4 Å². The van der Waals surface area contributed by atoms with E-state index in [4.69, 9.17) is 0 Å². The van der Waals surface area contributed by atoms with Gasteiger partial charge < -0.3 is 0 Å². The smallest absolute Gasteiger partial charge is 0.262 e. The molecular weight excluding hydrogens is 413 g/mol. The Morgan fingerprint density at radius 1 is 0.656 bits per heavy atom. The molecule has 0 N–H and O–H groups in total. The number of carbonyl (C=O) groups is 2. The third-order valence-electron chi connectivity index (χ3n) is 6.46. The molecule has 0 aromatic heterocycles. The van der Waals surface area contributed by atoms with Gasteiger partial charge in [-0.1, -0.05) is 72.8 Å². The maximum atomic E-state index is 13.3. The van der Waals surface area contributed by atoms with Crippen molar-refractivity contribution in [2.24, 2.45) is 0 Å². The molecule has 32 heavy (non-hydrogen) atoms. The summed E-state index contributed by atoms with van der Waals surface area (Å²) >= 11 is 0. The highest BCUT2D eigenvalue weighted by Crippen LogP contribution is 2.77. The van der Waals surface area contributed by atoms with E-state index >= 15 is 0 Å². The Balaban J connectivity index is 1.70. The van der Waals surface area contributed by atoms with Gasteiger partial charge in [0.15, 0.2) is 0 Å². The molecule has 0 atom stereocenters. The zero-order valence-corrected chi connectivity index (χ0v) is 19.1. The van der Waals surface area contributed by atoms with Gasteiger partial charge in [-0.2, -0.15) is 0 Å². The second kappa shape index (κ2) is 8.00. The van der Waals surface area contributed by atoms with E-state index in [1.807, 2.05) is 36.4 Å². The van der Waals surface area contributed by atoms with Crippen molar-refractivity contribution in [1.82, 2.24) is 4.90 Å². The van der Waals surface area contributed by atoms with Gasteiger partial charge >= 0.3 is 0 Å². The highest BCUT2D eigenvalue weighted by molar-refractivity contribution is 7.93. The molecule has 2 heterocycles. The summed E-state index contributed by atoms with van der Waals surface area (Å²) in [7, 11) is -1.75. The fourth-order valence-corrected chi connectivity index (χ4v) is 7.80. The second-order valence-electron chi connectivity index (χ2n) is 8.22. The zero-order chi connectivity index (χ0) is 22.3. The monoisotopic (exact) mass is 437 g/mol. The van der Waals surface area contributed by atoms with Crippen molar-refractivity contribution in [2.75, 3.05) is 12.8 Å². The maximum Gasteiger partial charge on any atom is 0.262 e. The summed E-state index contributed by atoms with van der Waals surface area (Å²) in [5.74, 6) is -0.516. The number of amides is 2. The molecule has 2 amide bonds. The predicted molar refractivity (Wildman–Crippen MR) is 132 cm³/mol. The van der Waals surface area contributed by atoms with E-state index in [9.17, 15) is 9.59 Å². The van der Waals surface area contributed by atoms with Crippen LogP contribution in [-0.2, 0) is 0 Å². The summed E-state index contributed by atoms with van der Waals surface area (Å²) in [6.45, 7) is 4.58. The highest BCUT2D eigenvalue weighted by Gasteiger charge is 2.48. The molecule has 3 aromatic rings. The number of rotatable bonds is 4. The third kappa shape index (κ3) is 3.16. The number of hydrogen-bond donors (Lipinski definition) is 0. The lowest BCUT2D eigenvalue weighted by molar-refractivity contribution is 0.0687. The molecular formula is C28H24NO2P+. The fourth-order valence-electron chi connectivity index (χ4n) is 4.58. The maximum absolute atomic E-state index is 13.3. The SMILES string of the molecule is CC[P+]1(C)C(c2ccccc2)=C[C](N2C(=O)c3ccccc3C2=O)C=C1c1ccccc1. The summed E-state index contributed by atoms with van der Waals surface area (Å²) in [6.07, 6.45) is 5.13. The lowest BCUT2D eigenvalue weighted by atomic mass is 10.1. The van der Waals surface area contributed by atoms with E-state index in [0.717, 1.165) is 17.3 Å². The molecule has 5 rings (SSSR count). The Kier molecular flexibility index (Phi) is 5.15. The normalized spacial score (nSPS) is 17.8. The molecule has 0 saturated carbocycles. The number of nitrogens with zero attached hydrogens (tertiary/aromatic N) is 1. The van der Waals surface area contributed by atoms with E-state index in [-0.39, 0.29) is 11.8 Å². The largest absolute Gasteiger partial charge is 0.269 e. The molecule has 0 fully saturated rings. The van der Waals surface area contributed by atoms with Crippen molar-refractivity contribution in [2.45, 2.75) is 6.92 Å². The van der Waals surface area contributed by atoms with Gasteiger partial charge in [0.05, 0.1) is 31.2 Å². The van der Waals surface area contributed by atoms with Gasteiger partial charge in [-0.25, -0.2) is 0 Å². The van der Waals surface area contributed by atoms with Crippen molar-refractivity contribution in [3.05, 3.63) is 125 Å². The van der Waals surface area contributed by atoms with Crippen molar-refractivity contribution < 1.29 is 9.59 Å². The van der Waals surface area contributed by atoms with Crippen LogP contribution in [0.1, 0.15) is 38.8 Å². The van der Waals surface area contributed by atoms with Gasteiger partial charge in [-0.15, -0.1) is 0 Å². The molecule has 2 aliphatic heterocycles. The van der Waals surface area contributed by atoms with Gasteiger partial charge in [-0.3, -0.25) is 14.5 Å². The van der Waals surface area contributed by atoms with Crippen molar-refractivity contribution in [3.8, 4) is 0 Å². The molecule has 0 unspecified atom stereocenters. The molecule has 3 aromatic carbocycles. The van der Waals surface area contributed by atoms with E-state index in [2.05, 4.69) is 50.0 Å². The third-order valence-corrected chi connectivity index (χ3v) is 10.6. The Morgan fingerprint density at radius 2 is 1.06 bits per heavy atom. The van der Waals surface area contributed by atoms with Crippen molar-refractivity contribution in [3.63, 3.8) is 0 Å². The predicted octanol–water partition coefficient (Wildman–Crippen LogP) is 6.58. The summed E-state index contributed by atoms with van der Waals surface area (Å²) in [5.41, 5.74) is 3.21. The minimum Gasteiger partial charge on any atom is -0.269 e. The minimum absolute atomic E-state index is 0.258. The summed E-state index contributed by atoms with van der Waals surface area (Å²) < 4.78 is 0. The number of fused-ring (bicyclic) bond motifs is 1. The number of carbonyl (C=O) groups excluding carboxylic acids is 2. The lowest BCUT2D eigenvalue weighted by Crippen LogP contribution is -2.33.